The molecule has 0 aromatic heterocycles. The van der Waals surface area contributed by atoms with Crippen LogP contribution in [0.15, 0.2) is 120 Å². The number of halogens is 2. The van der Waals surface area contributed by atoms with Crippen molar-refractivity contribution in [3.8, 4) is 52.4 Å². The van der Waals surface area contributed by atoms with Gasteiger partial charge in [-0.2, -0.15) is 10.5 Å². The molecule has 0 aliphatic heterocycles. The summed E-state index contributed by atoms with van der Waals surface area (Å²) >= 11 is 12.2. The summed E-state index contributed by atoms with van der Waals surface area (Å²) in [5.74, 6) is 0.883. The third-order valence-corrected chi connectivity index (χ3v) is 10.4. The van der Waals surface area contributed by atoms with Gasteiger partial charge in [0.25, 0.3) is 0 Å². The summed E-state index contributed by atoms with van der Waals surface area (Å²) in [4.78, 5) is 34.6. The van der Waals surface area contributed by atoms with Gasteiger partial charge in [-0.25, -0.2) is 13.6 Å². The van der Waals surface area contributed by atoms with Crippen molar-refractivity contribution in [2.45, 2.75) is 38.5 Å². The minimum Gasteiger partial charge on any atom is -0.508 e. The van der Waals surface area contributed by atoms with Crippen LogP contribution in [0.4, 0.5) is 5.69 Å². The van der Waals surface area contributed by atoms with Crippen LogP contribution in [0.2, 0.25) is 10.0 Å². The molecule has 0 unspecified atom stereocenters. The largest absolute Gasteiger partial charge is 0.508 e. The van der Waals surface area contributed by atoms with Crippen LogP contribution in [0, 0.1) is 29.6 Å². The zero-order chi connectivity index (χ0) is 49.3. The predicted octanol–water partition coefficient (Wildman–Crippen LogP) is 9.32. The fourth-order valence-corrected chi connectivity index (χ4v) is 6.63. The molecule has 0 bridgehead atoms. The second-order valence-electron chi connectivity index (χ2n) is 14.0. The smallest absolute Gasteiger partial charge is 0.309 e. The first kappa shape index (κ1) is 54.5. The van der Waals surface area contributed by atoms with Crippen LogP contribution in [-0.2, 0) is 53.1 Å². The number of sulfonamides is 1. The van der Waals surface area contributed by atoms with Crippen LogP contribution in [0.1, 0.15) is 40.8 Å². The van der Waals surface area contributed by atoms with E-state index in [2.05, 4.69) is 14.8 Å². The molecule has 6 rings (SSSR count). The fraction of sp³-hybridized carbons (Fsp3) is 0.163. The molecule has 0 spiro atoms. The highest BCUT2D eigenvalue weighted by Gasteiger charge is 2.13. The van der Waals surface area contributed by atoms with Gasteiger partial charge in [0, 0.05) is 30.0 Å². The number of carbonyl (C=O) groups is 3. The average Bonchev–Trinajstić information content (AvgIpc) is 3.27. The number of esters is 2. The maximum absolute atomic E-state index is 12.5. The molecule has 5 N–H and O–H groups in total. The van der Waals surface area contributed by atoms with Gasteiger partial charge in [-0.1, -0.05) is 36.7 Å². The molecular formula is C49H46Cl2N4O12S. The molecule has 0 atom stereocenters. The van der Waals surface area contributed by atoms with Gasteiger partial charge >= 0.3 is 11.9 Å². The number of phenols is 2. The molecule has 1 amide bonds. The summed E-state index contributed by atoms with van der Waals surface area (Å²) in [6.07, 6.45) is 0.204. The summed E-state index contributed by atoms with van der Waals surface area (Å²) in [5.41, 5.74) is 4.12. The predicted molar refractivity (Wildman–Crippen MR) is 255 cm³/mol. The van der Waals surface area contributed by atoms with Crippen LogP contribution >= 0.6 is 23.2 Å². The summed E-state index contributed by atoms with van der Waals surface area (Å²) < 4.78 is 48.6. The van der Waals surface area contributed by atoms with Gasteiger partial charge in [-0.05, 0) is 114 Å². The SMILES string of the molecule is C.COC(=O)Cc1cc(C)cc(Oc2cc(C#N)ccc2Cl)c1.COC(=O)Cc1cc(O)cc(O)c1.COc1cc(CC(=O)Nc2ccc(S(N)(=O)=O)cc2)cc(Oc2cc(C#N)ccc2Cl)c1. The number of anilines is 1. The number of amides is 1. The summed E-state index contributed by atoms with van der Waals surface area (Å²) in [6.45, 7) is 1.90. The number of nitrogens with two attached hydrogens (primary N) is 1. The number of rotatable bonds is 13. The molecule has 19 heteroatoms. The lowest BCUT2D eigenvalue weighted by atomic mass is 10.1. The third-order valence-electron chi connectivity index (χ3n) is 8.81. The summed E-state index contributed by atoms with van der Waals surface area (Å²) in [7, 11) is 0.308. The van der Waals surface area contributed by atoms with E-state index in [-0.39, 0.29) is 55.0 Å². The van der Waals surface area contributed by atoms with E-state index >= 15 is 0 Å². The number of methoxy groups -OCH3 is 3. The highest BCUT2D eigenvalue weighted by molar-refractivity contribution is 7.89. The minimum atomic E-state index is -3.81. The van der Waals surface area contributed by atoms with E-state index in [1.54, 1.807) is 54.6 Å². The van der Waals surface area contributed by atoms with E-state index in [1.165, 1.54) is 69.9 Å². The van der Waals surface area contributed by atoms with Crippen LogP contribution < -0.4 is 24.7 Å². The molecule has 6 aromatic carbocycles. The van der Waals surface area contributed by atoms with Crippen LogP contribution in [0.3, 0.4) is 0 Å². The number of phenolic OH excluding ortho intramolecular Hbond substituents is 2. The normalized spacial score (nSPS) is 10.1. The Hall–Kier alpha value is -7.80. The molecule has 0 saturated carbocycles. The van der Waals surface area contributed by atoms with E-state index in [9.17, 15) is 22.8 Å². The average molecular weight is 986 g/mol. The van der Waals surface area contributed by atoms with Gasteiger partial charge in [-0.15, -0.1) is 0 Å². The standard InChI is InChI=1S/C22H18ClN3O5S.C17H14ClNO3.C9H10O4.CH4/c1-30-17-8-15(9-18(12-17)31-21-10-14(13-24)2-7-20(21)23)11-22(27)26-16-3-5-19(6-4-16)32(25,28)29;1-11-5-13(9-17(20)21-2)7-14(6-11)22-16-8-12(10-19)3-4-15(16)18;1-13-9(12)4-6-2-7(10)5-8(11)3-6;/h2-10,12H,11H2,1H3,(H,26,27)(H2,25,28,29);3-8H,9H2,1-2H3;2-3,5,10-11H,4H2,1H3;1H4. The maximum Gasteiger partial charge on any atom is 0.309 e. The zero-order valence-corrected chi connectivity index (χ0v) is 38.5. The van der Waals surface area contributed by atoms with Crippen LogP contribution in [0.5, 0.6) is 40.2 Å². The van der Waals surface area contributed by atoms with Crippen molar-refractivity contribution in [1.29, 1.82) is 10.5 Å². The number of carbonyl (C=O) groups excluding carboxylic acids is 3. The molecule has 0 fully saturated rings. The quantitative estimate of drug-likeness (QED) is 0.0787. The Morgan fingerprint density at radius 1 is 0.632 bits per heavy atom. The Kier molecular flexibility index (Phi) is 20.7. The van der Waals surface area contributed by atoms with Gasteiger partial charge in [0.15, 0.2) is 0 Å². The second kappa shape index (κ2) is 25.8. The molecule has 354 valence electrons. The number of ether oxygens (including phenoxy) is 5. The van der Waals surface area contributed by atoms with E-state index in [0.29, 0.717) is 66.7 Å². The number of nitriles is 2. The Morgan fingerprint density at radius 3 is 1.54 bits per heavy atom. The molecule has 0 aliphatic rings. The van der Waals surface area contributed by atoms with Crippen molar-refractivity contribution in [1.82, 2.24) is 0 Å². The first-order chi connectivity index (χ1) is 31.8. The van der Waals surface area contributed by atoms with Crippen molar-refractivity contribution < 1.29 is 56.7 Å². The van der Waals surface area contributed by atoms with Crippen molar-refractivity contribution >= 4 is 56.8 Å². The highest BCUT2D eigenvalue weighted by Crippen LogP contribution is 2.34. The number of hydrogen-bond acceptors (Lipinski definition) is 14. The zero-order valence-electron chi connectivity index (χ0n) is 36.2. The van der Waals surface area contributed by atoms with Gasteiger partial charge < -0.3 is 39.2 Å². The van der Waals surface area contributed by atoms with Gasteiger partial charge in [-0.3, -0.25) is 14.4 Å². The van der Waals surface area contributed by atoms with E-state index in [1.807, 2.05) is 31.2 Å². The molecule has 0 radical (unpaired) electrons. The number of aryl methyl sites for hydroxylation is 1. The number of aromatic hydroxyl groups is 2. The number of benzene rings is 6. The Balaban J connectivity index is 0.000000294. The van der Waals surface area contributed by atoms with Gasteiger partial charge in [0.2, 0.25) is 15.9 Å². The van der Waals surface area contributed by atoms with Crippen LogP contribution in [-0.4, -0.2) is 57.8 Å². The van der Waals surface area contributed by atoms with Crippen molar-refractivity contribution in [3.63, 3.8) is 0 Å². The summed E-state index contributed by atoms with van der Waals surface area (Å²) in [5, 5.41) is 44.6. The Bertz CT molecular complexity index is 2930. The first-order valence-electron chi connectivity index (χ1n) is 19.4. The van der Waals surface area contributed by atoms with Crippen molar-refractivity contribution in [2.75, 3.05) is 26.6 Å². The lowest BCUT2D eigenvalue weighted by Gasteiger charge is -2.12. The number of nitrogens with zero attached hydrogens (tertiary/aromatic N) is 2. The summed E-state index contributed by atoms with van der Waals surface area (Å²) in [6, 6.07) is 33.4. The number of hydrogen-bond donors (Lipinski definition) is 4. The van der Waals surface area contributed by atoms with E-state index in [0.717, 1.165) is 11.1 Å². The van der Waals surface area contributed by atoms with E-state index in [4.69, 9.17) is 63.3 Å². The van der Waals surface area contributed by atoms with Crippen LogP contribution in [0.25, 0.3) is 0 Å². The van der Waals surface area contributed by atoms with Gasteiger partial charge in [0.1, 0.15) is 40.2 Å². The third kappa shape index (κ3) is 17.5. The molecule has 0 saturated heterocycles. The highest BCUT2D eigenvalue weighted by atomic mass is 35.5. The van der Waals surface area contributed by atoms with Crippen molar-refractivity contribution in [3.05, 3.63) is 159 Å². The molecule has 0 heterocycles. The van der Waals surface area contributed by atoms with E-state index < -0.39 is 16.0 Å². The maximum atomic E-state index is 12.5. The number of primary sulfonamides is 1. The molecule has 0 aliphatic carbocycles. The fourth-order valence-electron chi connectivity index (χ4n) is 5.81. The molecule has 16 nitrogen and oxygen atoms in total. The Morgan fingerprint density at radius 2 is 1.09 bits per heavy atom. The second-order valence-corrected chi connectivity index (χ2v) is 16.4. The number of nitrogens with one attached hydrogen (secondary N) is 1. The van der Waals surface area contributed by atoms with Gasteiger partial charge in [0.05, 0.1) is 78.8 Å². The topological polar surface area (TPSA) is 258 Å². The lowest BCUT2D eigenvalue weighted by Crippen LogP contribution is -2.15. The molecule has 6 aromatic rings. The van der Waals surface area contributed by atoms with Crippen molar-refractivity contribution in [2.24, 2.45) is 5.14 Å². The molecule has 68 heavy (non-hydrogen) atoms. The Labute approximate surface area is 403 Å². The monoisotopic (exact) mass is 984 g/mol. The molecular weight excluding hydrogens is 940 g/mol. The lowest BCUT2D eigenvalue weighted by molar-refractivity contribution is -0.140. The minimum absolute atomic E-state index is 0. The first-order valence-corrected chi connectivity index (χ1v) is 21.7.